The Morgan fingerprint density at radius 1 is 0.784 bits per heavy atom. The number of phenols is 8. The van der Waals surface area contributed by atoms with E-state index in [1.165, 1.54) is 42.5 Å². The van der Waals surface area contributed by atoms with Gasteiger partial charge < -0.3 is 45.6 Å². The van der Waals surface area contributed by atoms with Crippen molar-refractivity contribution in [3.63, 3.8) is 0 Å². The lowest BCUT2D eigenvalue weighted by Crippen LogP contribution is -2.32. The summed E-state index contributed by atoms with van der Waals surface area (Å²) in [5.74, 6) is -7.04. The Morgan fingerprint density at radius 2 is 1.47 bits per heavy atom. The highest BCUT2D eigenvalue weighted by Crippen LogP contribution is 2.54. The summed E-state index contributed by atoms with van der Waals surface area (Å²) in [6.45, 7) is 5.50. The lowest BCUT2D eigenvalue weighted by Gasteiger charge is -2.38. The molecule has 0 saturated carbocycles. The molecule has 0 fully saturated rings. The number of aromatic hydroxyl groups is 8. The number of hydrogen-bond donors (Lipinski definition) is 8. The van der Waals surface area contributed by atoms with Crippen molar-refractivity contribution in [2.75, 3.05) is 0 Å². The van der Waals surface area contributed by atoms with Gasteiger partial charge in [0.1, 0.15) is 63.4 Å². The summed E-state index contributed by atoms with van der Waals surface area (Å²) in [7, 11) is 0. The Labute approximate surface area is 293 Å². The summed E-state index contributed by atoms with van der Waals surface area (Å²) < 4.78 is 5.99. The van der Waals surface area contributed by atoms with Crippen LogP contribution in [0.25, 0.3) is 0 Å². The maximum absolute atomic E-state index is 14.8. The van der Waals surface area contributed by atoms with Crippen LogP contribution in [0.3, 0.4) is 0 Å². The monoisotopic (exact) mass is 694 g/mol. The first-order chi connectivity index (χ1) is 24.2. The summed E-state index contributed by atoms with van der Waals surface area (Å²) in [5, 5.41) is 86.7. The fourth-order valence-electron chi connectivity index (χ4n) is 7.27. The number of ketones is 2. The first-order valence-electron chi connectivity index (χ1n) is 16.4. The molecule has 1 heterocycles. The molecule has 4 aromatic rings. The molecular formula is C40H38O11. The Hall–Kier alpha value is -6.10. The van der Waals surface area contributed by atoms with E-state index in [4.69, 9.17) is 4.74 Å². The van der Waals surface area contributed by atoms with Crippen molar-refractivity contribution in [3.05, 3.63) is 111 Å². The molecule has 1 aliphatic heterocycles. The minimum absolute atomic E-state index is 0.0724. The number of benzene rings is 4. The molecule has 11 nitrogen and oxygen atoms in total. The lowest BCUT2D eigenvalue weighted by molar-refractivity contribution is 0.0841. The quantitative estimate of drug-likeness (QED) is 0.0714. The maximum Gasteiger partial charge on any atom is 0.174 e. The van der Waals surface area contributed by atoms with E-state index >= 15 is 0 Å². The Balaban J connectivity index is 1.52. The van der Waals surface area contributed by atoms with E-state index in [0.717, 1.165) is 23.3 Å². The van der Waals surface area contributed by atoms with Gasteiger partial charge >= 0.3 is 0 Å². The van der Waals surface area contributed by atoms with Gasteiger partial charge in [-0.2, -0.15) is 0 Å². The maximum atomic E-state index is 14.8. The zero-order chi connectivity index (χ0) is 36.9. The summed E-state index contributed by atoms with van der Waals surface area (Å²) >= 11 is 0. The van der Waals surface area contributed by atoms with Gasteiger partial charge in [0, 0.05) is 52.6 Å². The average molecular weight is 695 g/mol. The molecular weight excluding hydrogens is 656 g/mol. The SMILES string of the molecule is CC(C)=CCc1c(O)ccc(C(=O)[C@@H]2[C@@H](c3c(O)ccc(C4CC(=O)c5c(O)cc(O)cc5O4)c3O)C=C(C)C[C@H]2c2ccc(O)cc2O)c1O. The van der Waals surface area contributed by atoms with Crippen molar-refractivity contribution in [2.45, 2.75) is 58.0 Å². The van der Waals surface area contributed by atoms with Crippen LogP contribution in [0, 0.1) is 5.92 Å². The normalized spacial score (nSPS) is 19.8. The van der Waals surface area contributed by atoms with Crippen LogP contribution in [0.1, 0.15) is 94.5 Å². The fourth-order valence-corrected chi connectivity index (χ4v) is 7.27. The molecule has 1 unspecified atom stereocenters. The smallest absolute Gasteiger partial charge is 0.174 e. The summed E-state index contributed by atoms with van der Waals surface area (Å²) in [4.78, 5) is 28.0. The Bertz CT molecular complexity index is 2140. The number of phenolic OH excluding ortho intramolecular Hbond substituents is 8. The second-order valence-electron chi connectivity index (χ2n) is 13.4. The zero-order valence-electron chi connectivity index (χ0n) is 28.1. The van der Waals surface area contributed by atoms with Crippen LogP contribution in [0.5, 0.6) is 51.7 Å². The van der Waals surface area contributed by atoms with E-state index < -0.39 is 52.7 Å². The van der Waals surface area contributed by atoms with Gasteiger partial charge in [-0.1, -0.05) is 29.4 Å². The standard InChI is InChI=1S/C40H38O11/c1-18(2)4-6-23-28(43)10-9-25(38(23)48)40(50)35-26(22-7-5-20(41)14-30(22)45)12-19(3)13-27(35)36-29(44)11-8-24(39(36)49)33-17-32(47)37-31(46)15-21(42)16-34(37)51-33/h4-5,7-11,13-16,26-27,33,35,41-46,48-49H,6,12,17H2,1-3H3/t26-,27-,33?,35-/m0/s1. The molecule has 0 aromatic heterocycles. The van der Waals surface area contributed by atoms with Gasteiger partial charge in [-0.25, -0.2) is 0 Å². The molecule has 0 saturated heterocycles. The van der Waals surface area contributed by atoms with Gasteiger partial charge in [-0.15, -0.1) is 0 Å². The number of Topliss-reactive ketones (excluding diaryl/α,β-unsaturated/α-hetero) is 2. The largest absolute Gasteiger partial charge is 0.508 e. The second-order valence-corrected chi connectivity index (χ2v) is 13.4. The lowest BCUT2D eigenvalue weighted by atomic mass is 9.65. The fraction of sp³-hybridized carbons (Fsp3) is 0.250. The van der Waals surface area contributed by atoms with Crippen LogP contribution >= 0.6 is 0 Å². The molecule has 4 aromatic carbocycles. The highest BCUT2D eigenvalue weighted by Gasteiger charge is 2.44. The number of hydrogen-bond acceptors (Lipinski definition) is 11. The molecule has 264 valence electrons. The third-order valence-corrected chi connectivity index (χ3v) is 9.67. The van der Waals surface area contributed by atoms with E-state index in [1.54, 1.807) is 19.1 Å². The molecule has 0 spiro atoms. The predicted molar refractivity (Wildman–Crippen MR) is 186 cm³/mol. The molecule has 11 heteroatoms. The number of fused-ring (bicyclic) bond motifs is 1. The van der Waals surface area contributed by atoms with Gasteiger partial charge in [0.05, 0.1) is 12.0 Å². The molecule has 2 aliphatic rings. The highest BCUT2D eigenvalue weighted by molar-refractivity contribution is 6.03. The van der Waals surface area contributed by atoms with E-state index in [9.17, 15) is 50.4 Å². The number of ether oxygens (including phenoxy) is 1. The molecule has 6 rings (SSSR count). The molecule has 0 radical (unpaired) electrons. The second kappa shape index (κ2) is 13.3. The van der Waals surface area contributed by atoms with E-state index in [-0.39, 0.29) is 81.6 Å². The highest BCUT2D eigenvalue weighted by atomic mass is 16.5. The van der Waals surface area contributed by atoms with Crippen molar-refractivity contribution in [2.24, 2.45) is 5.92 Å². The Morgan fingerprint density at radius 3 is 2.18 bits per heavy atom. The van der Waals surface area contributed by atoms with Crippen LogP contribution < -0.4 is 4.74 Å². The topological polar surface area (TPSA) is 205 Å². The van der Waals surface area contributed by atoms with E-state index in [1.807, 2.05) is 13.8 Å². The first kappa shape index (κ1) is 34.8. The zero-order valence-corrected chi connectivity index (χ0v) is 28.1. The summed E-state index contributed by atoms with van der Waals surface area (Å²) in [5.41, 5.74) is 1.89. The van der Waals surface area contributed by atoms with Crippen molar-refractivity contribution in [1.29, 1.82) is 0 Å². The van der Waals surface area contributed by atoms with Crippen LogP contribution in [-0.4, -0.2) is 52.4 Å². The van der Waals surface area contributed by atoms with E-state index in [2.05, 4.69) is 0 Å². The molecule has 0 bridgehead atoms. The summed E-state index contributed by atoms with van der Waals surface area (Å²) in [6.07, 6.45) is 2.49. The van der Waals surface area contributed by atoms with Gasteiger partial charge in [0.2, 0.25) is 0 Å². The number of carbonyl (C=O) groups excluding carboxylic acids is 2. The number of rotatable bonds is 7. The predicted octanol–water partition coefficient (Wildman–Crippen LogP) is 7.26. The van der Waals surface area contributed by atoms with Crippen LogP contribution in [-0.2, 0) is 6.42 Å². The van der Waals surface area contributed by atoms with Crippen LogP contribution in [0.2, 0.25) is 0 Å². The minimum atomic E-state index is -1.17. The molecule has 8 N–H and O–H groups in total. The third kappa shape index (κ3) is 6.38. The van der Waals surface area contributed by atoms with Gasteiger partial charge in [-0.3, -0.25) is 9.59 Å². The number of allylic oxidation sites excluding steroid dienone is 4. The van der Waals surface area contributed by atoms with Crippen molar-refractivity contribution in [3.8, 4) is 51.7 Å². The Kier molecular flexibility index (Phi) is 9.07. The van der Waals surface area contributed by atoms with Gasteiger partial charge in [0.25, 0.3) is 0 Å². The van der Waals surface area contributed by atoms with Crippen LogP contribution in [0.15, 0.2) is 77.9 Å². The average Bonchev–Trinajstić information content (AvgIpc) is 3.03. The van der Waals surface area contributed by atoms with Crippen molar-refractivity contribution < 1.29 is 55.2 Å². The van der Waals surface area contributed by atoms with Crippen molar-refractivity contribution >= 4 is 11.6 Å². The third-order valence-electron chi connectivity index (χ3n) is 9.67. The van der Waals surface area contributed by atoms with Gasteiger partial charge in [-0.05, 0) is 69.5 Å². The first-order valence-corrected chi connectivity index (χ1v) is 16.4. The molecule has 1 aliphatic carbocycles. The van der Waals surface area contributed by atoms with Crippen molar-refractivity contribution in [1.82, 2.24) is 0 Å². The number of carbonyl (C=O) groups is 2. The summed E-state index contributed by atoms with van der Waals surface area (Å²) in [6, 6.07) is 11.5. The van der Waals surface area contributed by atoms with Gasteiger partial charge in [0.15, 0.2) is 11.6 Å². The minimum Gasteiger partial charge on any atom is -0.508 e. The molecule has 4 atom stereocenters. The molecule has 0 amide bonds. The molecule has 51 heavy (non-hydrogen) atoms. The van der Waals surface area contributed by atoms with E-state index in [0.29, 0.717) is 5.56 Å². The van der Waals surface area contributed by atoms with Crippen LogP contribution in [0.4, 0.5) is 0 Å².